The fourth-order valence-corrected chi connectivity index (χ4v) is 3.84. The first kappa shape index (κ1) is 17.0. The number of fused-ring (bicyclic) bond motifs is 1. The Balaban J connectivity index is 1.66. The molecule has 2 heterocycles. The Morgan fingerprint density at radius 2 is 1.77 bits per heavy atom. The maximum Gasteiger partial charge on any atom is 0.234 e. The summed E-state index contributed by atoms with van der Waals surface area (Å²) in [5, 5.41) is 9.59. The lowest BCUT2D eigenvalue weighted by atomic mass is 10.0. The number of halogens is 1. The molecule has 4 rings (SSSR count). The zero-order chi connectivity index (χ0) is 18.1. The third-order valence-electron chi connectivity index (χ3n) is 4.15. The summed E-state index contributed by atoms with van der Waals surface area (Å²) in [5.74, 6) is 1.23. The first-order valence-electron chi connectivity index (χ1n) is 7.97. The molecule has 2 aliphatic rings. The quantitative estimate of drug-likeness (QED) is 0.805. The number of ether oxygens (including phenoxy) is 1. The van der Waals surface area contributed by atoms with E-state index >= 15 is 0 Å². The molecule has 2 aromatic rings. The summed E-state index contributed by atoms with van der Waals surface area (Å²) in [6.07, 6.45) is 0. The van der Waals surface area contributed by atoms with Gasteiger partial charge in [0.2, 0.25) is 5.78 Å². The molecule has 130 valence electrons. The van der Waals surface area contributed by atoms with E-state index in [4.69, 9.17) is 16.3 Å². The minimum absolute atomic E-state index is 0.106. The highest BCUT2D eigenvalue weighted by Crippen LogP contribution is 2.31. The second kappa shape index (κ2) is 7.05. The summed E-state index contributed by atoms with van der Waals surface area (Å²) >= 11 is 7.45. The van der Waals surface area contributed by atoms with Gasteiger partial charge in [0.05, 0.1) is 13.2 Å². The fourth-order valence-electron chi connectivity index (χ4n) is 2.75. The molecule has 0 aliphatic carbocycles. The number of thioether (sulfide) groups is 1. The Morgan fingerprint density at radius 1 is 1.04 bits per heavy atom. The van der Waals surface area contributed by atoms with Gasteiger partial charge in [-0.2, -0.15) is 0 Å². The van der Waals surface area contributed by atoms with Crippen LogP contribution in [0.25, 0.3) is 0 Å². The van der Waals surface area contributed by atoms with E-state index in [0.717, 1.165) is 11.3 Å². The predicted molar refractivity (Wildman–Crippen MR) is 106 cm³/mol. The van der Waals surface area contributed by atoms with Crippen LogP contribution in [0.2, 0.25) is 5.02 Å². The number of benzene rings is 2. The smallest absolute Gasteiger partial charge is 0.234 e. The number of carbonyl (C=O) groups excluding carboxylic acids is 1. The van der Waals surface area contributed by atoms with Crippen LogP contribution in [0, 0.1) is 0 Å². The summed E-state index contributed by atoms with van der Waals surface area (Å²) < 4.78 is 5.15. The second-order valence-electron chi connectivity index (χ2n) is 5.77. The normalized spacial score (nSPS) is 19.2. The molecule has 5 nitrogen and oxygen atoms in total. The van der Waals surface area contributed by atoms with Gasteiger partial charge >= 0.3 is 0 Å². The number of hydrogen-bond donors (Lipinski definition) is 0. The van der Waals surface area contributed by atoms with Gasteiger partial charge in [-0.1, -0.05) is 35.5 Å². The van der Waals surface area contributed by atoms with E-state index in [1.807, 2.05) is 24.3 Å². The highest BCUT2D eigenvalue weighted by molar-refractivity contribution is 8.16. The minimum Gasteiger partial charge on any atom is -0.497 e. The van der Waals surface area contributed by atoms with E-state index in [1.165, 1.54) is 11.8 Å². The van der Waals surface area contributed by atoms with Gasteiger partial charge in [0.25, 0.3) is 0 Å². The van der Waals surface area contributed by atoms with Crippen molar-refractivity contribution in [3.63, 3.8) is 0 Å². The van der Waals surface area contributed by atoms with Gasteiger partial charge in [0, 0.05) is 16.3 Å². The van der Waals surface area contributed by atoms with Gasteiger partial charge < -0.3 is 4.74 Å². The van der Waals surface area contributed by atoms with Gasteiger partial charge in [-0.05, 0) is 42.0 Å². The first-order valence-corrected chi connectivity index (χ1v) is 9.33. The summed E-state index contributed by atoms with van der Waals surface area (Å²) in [5.41, 5.74) is 2.39. The standard InChI is InChI=1S/C19H14ClN3O2S/c1-25-14-8-4-12(5-9-14)16-18(24)17-19(23-22-16)26-10-15(21-17)11-2-6-13(20)7-3-11/h2-9,15H,10H2,1H3/t15-/m0/s1. The Labute approximate surface area is 159 Å². The summed E-state index contributed by atoms with van der Waals surface area (Å²) in [6, 6.07) is 14.6. The highest BCUT2D eigenvalue weighted by Gasteiger charge is 2.33. The molecule has 0 bridgehead atoms. The van der Waals surface area contributed by atoms with Gasteiger partial charge in [0.1, 0.15) is 22.2 Å². The van der Waals surface area contributed by atoms with Crippen molar-refractivity contribution in [3.8, 4) is 5.75 Å². The van der Waals surface area contributed by atoms with Crippen molar-refractivity contribution in [2.24, 2.45) is 15.2 Å². The lowest BCUT2D eigenvalue weighted by Gasteiger charge is -2.23. The Hall–Kier alpha value is -2.44. The molecule has 0 amide bonds. The molecule has 26 heavy (non-hydrogen) atoms. The maximum atomic E-state index is 12.9. The number of methoxy groups -OCH3 is 1. The molecular formula is C19H14ClN3O2S. The van der Waals surface area contributed by atoms with Crippen molar-refractivity contribution in [3.05, 3.63) is 64.7 Å². The molecule has 0 unspecified atom stereocenters. The third kappa shape index (κ3) is 3.18. The first-order chi connectivity index (χ1) is 12.7. The molecule has 0 saturated heterocycles. The van der Waals surface area contributed by atoms with Gasteiger partial charge in [-0.3, -0.25) is 9.79 Å². The lowest BCUT2D eigenvalue weighted by Crippen LogP contribution is -2.35. The minimum atomic E-state index is -0.202. The molecular weight excluding hydrogens is 370 g/mol. The Kier molecular flexibility index (Phi) is 4.61. The van der Waals surface area contributed by atoms with Crippen molar-refractivity contribution in [1.29, 1.82) is 0 Å². The largest absolute Gasteiger partial charge is 0.497 e. The van der Waals surface area contributed by atoms with Crippen molar-refractivity contribution in [2.75, 3.05) is 12.9 Å². The number of hydrogen-bond acceptors (Lipinski definition) is 6. The van der Waals surface area contributed by atoms with Crippen molar-refractivity contribution in [1.82, 2.24) is 0 Å². The molecule has 0 spiro atoms. The SMILES string of the molecule is COc1ccc(C2=NN=C3SC[C@@H](c4ccc(Cl)cc4)N=C3C2=O)cc1. The van der Waals surface area contributed by atoms with E-state index in [9.17, 15) is 4.79 Å². The summed E-state index contributed by atoms with van der Waals surface area (Å²) in [4.78, 5) is 17.6. The molecule has 0 fully saturated rings. The molecule has 1 atom stereocenters. The topological polar surface area (TPSA) is 63.4 Å². The van der Waals surface area contributed by atoms with Crippen LogP contribution in [-0.4, -0.2) is 35.1 Å². The van der Waals surface area contributed by atoms with Crippen LogP contribution in [0.15, 0.2) is 63.7 Å². The fraction of sp³-hybridized carbons (Fsp3) is 0.158. The Bertz CT molecular complexity index is 950. The number of ketones is 1. The van der Waals surface area contributed by atoms with Crippen LogP contribution in [0.5, 0.6) is 5.75 Å². The number of Topliss-reactive ketones (excluding diaryl/α,β-unsaturated/α-hetero) is 1. The second-order valence-corrected chi connectivity index (χ2v) is 7.21. The lowest BCUT2D eigenvalue weighted by molar-refractivity contribution is -0.107. The molecule has 7 heteroatoms. The van der Waals surface area contributed by atoms with Crippen LogP contribution in [0.3, 0.4) is 0 Å². The maximum absolute atomic E-state index is 12.9. The highest BCUT2D eigenvalue weighted by atomic mass is 35.5. The molecule has 0 N–H and O–H groups in total. The predicted octanol–water partition coefficient (Wildman–Crippen LogP) is 3.96. The van der Waals surface area contributed by atoms with E-state index in [-0.39, 0.29) is 11.8 Å². The van der Waals surface area contributed by atoms with Crippen LogP contribution in [-0.2, 0) is 4.79 Å². The summed E-state index contributed by atoms with van der Waals surface area (Å²) in [6.45, 7) is 0. The van der Waals surface area contributed by atoms with Crippen molar-refractivity contribution in [2.45, 2.75) is 6.04 Å². The number of carbonyl (C=O) groups is 1. The van der Waals surface area contributed by atoms with E-state index in [0.29, 0.717) is 32.8 Å². The average molecular weight is 384 g/mol. The van der Waals surface area contributed by atoms with Crippen LogP contribution < -0.4 is 4.74 Å². The average Bonchev–Trinajstić information content (AvgIpc) is 2.69. The molecule has 2 aliphatic heterocycles. The third-order valence-corrected chi connectivity index (χ3v) is 5.44. The Morgan fingerprint density at radius 3 is 2.46 bits per heavy atom. The zero-order valence-electron chi connectivity index (χ0n) is 13.8. The summed E-state index contributed by atoms with van der Waals surface area (Å²) in [7, 11) is 1.60. The number of nitrogens with zero attached hydrogens (tertiary/aromatic N) is 3. The monoisotopic (exact) mass is 383 g/mol. The molecule has 0 saturated carbocycles. The number of rotatable bonds is 3. The van der Waals surface area contributed by atoms with Gasteiger partial charge in [-0.15, -0.1) is 10.2 Å². The zero-order valence-corrected chi connectivity index (χ0v) is 15.4. The van der Waals surface area contributed by atoms with Gasteiger partial charge in [-0.25, -0.2) is 0 Å². The van der Waals surface area contributed by atoms with Crippen molar-refractivity contribution < 1.29 is 9.53 Å². The molecule has 0 radical (unpaired) electrons. The van der Waals surface area contributed by atoms with Gasteiger partial charge in [0.15, 0.2) is 0 Å². The number of aliphatic imine (C=N–C) groups is 1. The van der Waals surface area contributed by atoms with Crippen LogP contribution in [0.1, 0.15) is 17.2 Å². The van der Waals surface area contributed by atoms with E-state index < -0.39 is 0 Å². The molecule has 2 aromatic carbocycles. The van der Waals surface area contributed by atoms with E-state index in [1.54, 1.807) is 31.4 Å². The molecule has 0 aromatic heterocycles. The van der Waals surface area contributed by atoms with E-state index in [2.05, 4.69) is 15.2 Å². The van der Waals surface area contributed by atoms with Crippen LogP contribution >= 0.6 is 23.4 Å². The van der Waals surface area contributed by atoms with Crippen LogP contribution in [0.4, 0.5) is 0 Å². The van der Waals surface area contributed by atoms with Crippen molar-refractivity contribution >= 4 is 45.6 Å².